The number of nitrogens with zero attached hydrogens (tertiary/aromatic N) is 2. The molecule has 19 heavy (non-hydrogen) atoms. The molecule has 4 nitrogen and oxygen atoms in total. The Labute approximate surface area is 116 Å². The van der Waals surface area contributed by atoms with Gasteiger partial charge in [0.15, 0.2) is 0 Å². The highest BCUT2D eigenvalue weighted by atomic mass is 16.5. The second-order valence-corrected chi connectivity index (χ2v) is 5.70. The Morgan fingerprint density at radius 2 is 2.05 bits per heavy atom. The van der Waals surface area contributed by atoms with Crippen molar-refractivity contribution in [3.05, 3.63) is 18.0 Å². The predicted molar refractivity (Wildman–Crippen MR) is 76.9 cm³/mol. The number of aryl methyl sites for hydroxylation is 1. The summed E-state index contributed by atoms with van der Waals surface area (Å²) in [7, 11) is 1.94. The van der Waals surface area contributed by atoms with Crippen LogP contribution in [0, 0.1) is 0 Å². The van der Waals surface area contributed by atoms with Gasteiger partial charge in [-0.15, -0.1) is 0 Å². The molecule has 2 rings (SSSR count). The summed E-state index contributed by atoms with van der Waals surface area (Å²) < 4.78 is 7.97. The molecule has 1 aromatic rings. The average molecular weight is 265 g/mol. The molecule has 0 saturated heterocycles. The third-order valence-electron chi connectivity index (χ3n) is 4.26. The Hall–Kier alpha value is -0.870. The van der Waals surface area contributed by atoms with Crippen molar-refractivity contribution >= 4 is 0 Å². The van der Waals surface area contributed by atoms with E-state index in [0.29, 0.717) is 0 Å². The van der Waals surface area contributed by atoms with E-state index >= 15 is 0 Å². The van der Waals surface area contributed by atoms with Crippen molar-refractivity contribution < 1.29 is 4.74 Å². The molecule has 1 saturated carbocycles. The zero-order valence-corrected chi connectivity index (χ0v) is 12.3. The molecule has 0 aromatic carbocycles. The van der Waals surface area contributed by atoms with Crippen LogP contribution in [0.25, 0.3) is 0 Å². The molecular formula is C15H27N3O. The Kier molecular flexibility index (Phi) is 4.99. The minimum absolute atomic E-state index is 0.0421. The van der Waals surface area contributed by atoms with E-state index in [1.807, 2.05) is 17.9 Å². The first kappa shape index (κ1) is 14.5. The maximum atomic E-state index is 6.51. The largest absolute Gasteiger partial charge is 0.374 e. The van der Waals surface area contributed by atoms with Gasteiger partial charge < -0.3 is 10.5 Å². The van der Waals surface area contributed by atoms with Gasteiger partial charge in [-0.2, -0.15) is 5.10 Å². The van der Waals surface area contributed by atoms with Gasteiger partial charge in [-0.05, 0) is 25.8 Å². The molecular weight excluding hydrogens is 238 g/mol. The summed E-state index contributed by atoms with van der Waals surface area (Å²) in [5.41, 5.74) is 7.44. The first-order chi connectivity index (χ1) is 9.16. The van der Waals surface area contributed by atoms with Gasteiger partial charge in [-0.3, -0.25) is 4.68 Å². The zero-order valence-electron chi connectivity index (χ0n) is 12.3. The van der Waals surface area contributed by atoms with E-state index < -0.39 is 0 Å². The number of hydrogen-bond acceptors (Lipinski definition) is 3. The highest BCUT2D eigenvalue weighted by Gasteiger charge is 2.37. The zero-order chi connectivity index (χ0) is 13.7. The normalized spacial score (nSPS) is 21.0. The lowest BCUT2D eigenvalue weighted by atomic mass is 9.84. The van der Waals surface area contributed by atoms with Crippen LogP contribution in [0.4, 0.5) is 0 Å². The van der Waals surface area contributed by atoms with Crippen molar-refractivity contribution in [2.45, 2.75) is 63.5 Å². The molecule has 1 aliphatic carbocycles. The summed E-state index contributed by atoms with van der Waals surface area (Å²) in [6.45, 7) is 2.82. The van der Waals surface area contributed by atoms with E-state index in [0.717, 1.165) is 31.6 Å². The number of hydrogen-bond donors (Lipinski definition) is 1. The number of ether oxygens (including phenoxy) is 1. The lowest BCUT2D eigenvalue weighted by Gasteiger charge is -2.38. The minimum atomic E-state index is -0.136. The lowest BCUT2D eigenvalue weighted by Crippen LogP contribution is -2.51. The van der Waals surface area contributed by atoms with Crippen molar-refractivity contribution in [3.63, 3.8) is 0 Å². The molecule has 108 valence electrons. The van der Waals surface area contributed by atoms with Crippen molar-refractivity contribution in [1.82, 2.24) is 9.78 Å². The second-order valence-electron chi connectivity index (χ2n) is 5.70. The van der Waals surface area contributed by atoms with Gasteiger partial charge in [0.05, 0.1) is 11.3 Å². The molecule has 1 atom stereocenters. The van der Waals surface area contributed by atoms with E-state index in [-0.39, 0.29) is 11.6 Å². The summed E-state index contributed by atoms with van der Waals surface area (Å²) in [5, 5.41) is 4.44. The SMILES string of the molecule is CCOC1(C(N)Cc2ccn(C)n2)CCCCCC1. The van der Waals surface area contributed by atoms with Crippen molar-refractivity contribution in [1.29, 1.82) is 0 Å². The quantitative estimate of drug-likeness (QED) is 0.832. The van der Waals surface area contributed by atoms with E-state index in [9.17, 15) is 0 Å². The van der Waals surface area contributed by atoms with E-state index in [1.54, 1.807) is 0 Å². The average Bonchev–Trinajstić information content (AvgIpc) is 2.65. The van der Waals surface area contributed by atoms with Gasteiger partial charge in [0.1, 0.15) is 0 Å². The molecule has 1 aromatic heterocycles. The summed E-state index contributed by atoms with van der Waals surface area (Å²) in [5.74, 6) is 0. The van der Waals surface area contributed by atoms with Gasteiger partial charge in [0.2, 0.25) is 0 Å². The highest BCUT2D eigenvalue weighted by Crippen LogP contribution is 2.33. The maximum Gasteiger partial charge on any atom is 0.0836 e. The van der Waals surface area contributed by atoms with E-state index in [2.05, 4.69) is 18.1 Å². The molecule has 0 bridgehead atoms. The van der Waals surface area contributed by atoms with E-state index in [1.165, 1.54) is 25.7 Å². The molecule has 0 radical (unpaired) electrons. The molecule has 4 heteroatoms. The van der Waals surface area contributed by atoms with Crippen LogP contribution in [-0.2, 0) is 18.2 Å². The fourth-order valence-electron chi connectivity index (χ4n) is 3.22. The summed E-state index contributed by atoms with van der Waals surface area (Å²) in [6, 6.07) is 2.09. The van der Waals surface area contributed by atoms with Crippen molar-refractivity contribution in [2.24, 2.45) is 12.8 Å². The molecule has 1 fully saturated rings. The summed E-state index contributed by atoms with van der Waals surface area (Å²) in [4.78, 5) is 0. The predicted octanol–water partition coefficient (Wildman–Crippen LogP) is 2.42. The molecule has 0 spiro atoms. The van der Waals surface area contributed by atoms with Crippen LogP contribution in [0.1, 0.15) is 51.1 Å². The first-order valence-electron chi connectivity index (χ1n) is 7.54. The first-order valence-corrected chi connectivity index (χ1v) is 7.54. The number of aromatic nitrogens is 2. The number of rotatable bonds is 5. The topological polar surface area (TPSA) is 53.1 Å². The second kappa shape index (κ2) is 6.53. The molecule has 1 unspecified atom stereocenters. The molecule has 0 amide bonds. The smallest absolute Gasteiger partial charge is 0.0836 e. The van der Waals surface area contributed by atoms with Crippen LogP contribution in [0.2, 0.25) is 0 Å². The fourth-order valence-corrected chi connectivity index (χ4v) is 3.22. The van der Waals surface area contributed by atoms with Gasteiger partial charge in [0.25, 0.3) is 0 Å². The fraction of sp³-hybridized carbons (Fsp3) is 0.800. The van der Waals surface area contributed by atoms with Crippen LogP contribution in [0.15, 0.2) is 12.3 Å². The monoisotopic (exact) mass is 265 g/mol. The Bertz CT molecular complexity index is 380. The highest BCUT2D eigenvalue weighted by molar-refractivity contribution is 5.05. The van der Waals surface area contributed by atoms with Gasteiger partial charge >= 0.3 is 0 Å². The molecule has 1 aliphatic rings. The Balaban J connectivity index is 2.08. The molecule has 1 heterocycles. The third-order valence-corrected chi connectivity index (χ3v) is 4.26. The molecule has 2 N–H and O–H groups in total. The minimum Gasteiger partial charge on any atom is -0.374 e. The number of nitrogens with two attached hydrogens (primary N) is 1. The molecule has 0 aliphatic heterocycles. The summed E-state index contributed by atoms with van der Waals surface area (Å²) >= 11 is 0. The van der Waals surface area contributed by atoms with E-state index in [4.69, 9.17) is 10.5 Å². The third kappa shape index (κ3) is 3.57. The maximum absolute atomic E-state index is 6.51. The van der Waals surface area contributed by atoms with Crippen molar-refractivity contribution in [3.8, 4) is 0 Å². The Morgan fingerprint density at radius 3 is 2.58 bits per heavy atom. The van der Waals surface area contributed by atoms with Crippen LogP contribution in [0.5, 0.6) is 0 Å². The van der Waals surface area contributed by atoms with Crippen LogP contribution in [0.3, 0.4) is 0 Å². The van der Waals surface area contributed by atoms with Crippen LogP contribution in [-0.4, -0.2) is 28.0 Å². The Morgan fingerprint density at radius 1 is 1.37 bits per heavy atom. The van der Waals surface area contributed by atoms with Gasteiger partial charge in [0, 0.05) is 32.3 Å². The van der Waals surface area contributed by atoms with Gasteiger partial charge in [-0.1, -0.05) is 25.7 Å². The van der Waals surface area contributed by atoms with Gasteiger partial charge in [-0.25, -0.2) is 0 Å². The van der Waals surface area contributed by atoms with Crippen LogP contribution < -0.4 is 5.73 Å². The van der Waals surface area contributed by atoms with Crippen LogP contribution >= 0.6 is 0 Å². The van der Waals surface area contributed by atoms with Crippen molar-refractivity contribution in [2.75, 3.05) is 6.61 Å². The standard InChI is InChI=1S/C15H27N3O/c1-3-19-15(9-6-4-5-7-10-15)14(16)12-13-8-11-18(2)17-13/h8,11,14H,3-7,9-10,12,16H2,1-2H3. The lowest BCUT2D eigenvalue weighted by molar-refractivity contribution is -0.0685. The summed E-state index contributed by atoms with van der Waals surface area (Å²) in [6.07, 6.45) is 10.1.